The zero-order valence-electron chi connectivity index (χ0n) is 32.6. The number of rotatable bonds is 9. The van der Waals surface area contributed by atoms with E-state index in [0.717, 1.165) is 75.8 Å². The summed E-state index contributed by atoms with van der Waals surface area (Å²) in [5.74, 6) is 0.792. The van der Waals surface area contributed by atoms with Crippen molar-refractivity contribution in [1.82, 2.24) is 40.0 Å². The van der Waals surface area contributed by atoms with Crippen LogP contribution in [0.5, 0.6) is 0 Å². The van der Waals surface area contributed by atoms with Crippen LogP contribution in [0.15, 0.2) is 73.2 Å². The number of H-pyrrole nitrogens is 2. The van der Waals surface area contributed by atoms with Gasteiger partial charge in [0.05, 0.1) is 50.0 Å². The number of amides is 3. The van der Waals surface area contributed by atoms with Crippen LogP contribution in [-0.2, 0) is 32.0 Å². The monoisotopic (exact) mass is 772 g/mol. The van der Waals surface area contributed by atoms with E-state index < -0.39 is 24.1 Å². The van der Waals surface area contributed by atoms with Gasteiger partial charge in [0.25, 0.3) is 0 Å². The Balaban J connectivity index is 0.930. The third kappa shape index (κ3) is 7.43. The van der Waals surface area contributed by atoms with E-state index in [1.165, 1.54) is 14.2 Å². The van der Waals surface area contributed by atoms with Crippen LogP contribution in [0.4, 0.5) is 9.59 Å². The lowest BCUT2D eigenvalue weighted by molar-refractivity contribution is -0.135. The Labute approximate surface area is 330 Å². The quantitative estimate of drug-likeness (QED) is 0.131. The third-order valence-electron chi connectivity index (χ3n) is 11.8. The van der Waals surface area contributed by atoms with Crippen molar-refractivity contribution in [1.29, 1.82) is 0 Å². The smallest absolute Gasteiger partial charge is 0.407 e. The lowest BCUT2D eigenvalue weighted by Gasteiger charge is -2.31. The van der Waals surface area contributed by atoms with Crippen LogP contribution >= 0.6 is 0 Å². The summed E-state index contributed by atoms with van der Waals surface area (Å²) in [6.07, 6.45) is 7.98. The SMILES string of the molecule is COC(=O)N[C@H]1CCc2ccn3c2C1C(=O)C[C@H](c1ncc(-c2ccc(-c4ccc(-c5cnc([C@@H]6CCCN6C(=O)[C@@H](NC(=O)OC)C(C)C)[nH]5)cc4)cc2)[nH]1)C3. The second-order valence-electron chi connectivity index (χ2n) is 15.6. The molecule has 57 heavy (non-hydrogen) atoms. The lowest BCUT2D eigenvalue weighted by atomic mass is 9.79. The van der Waals surface area contributed by atoms with Gasteiger partial charge in [0.1, 0.15) is 23.5 Å². The van der Waals surface area contributed by atoms with Crippen molar-refractivity contribution >= 4 is 23.9 Å². The molecule has 2 aliphatic heterocycles. The summed E-state index contributed by atoms with van der Waals surface area (Å²) in [5.41, 5.74) is 7.98. The summed E-state index contributed by atoms with van der Waals surface area (Å²) < 4.78 is 11.8. The number of Topliss-reactive ketones (excluding diaryl/α,β-unsaturated/α-hetero) is 1. The van der Waals surface area contributed by atoms with E-state index in [1.54, 1.807) is 6.20 Å². The molecule has 0 saturated carbocycles. The average molecular weight is 773 g/mol. The van der Waals surface area contributed by atoms with E-state index in [9.17, 15) is 19.2 Å². The highest BCUT2D eigenvalue weighted by atomic mass is 16.5. The van der Waals surface area contributed by atoms with Gasteiger partial charge in [0.15, 0.2) is 0 Å². The molecule has 296 valence electrons. The van der Waals surface area contributed by atoms with Crippen LogP contribution in [0.3, 0.4) is 0 Å². The minimum atomic E-state index is -0.687. The van der Waals surface area contributed by atoms with Gasteiger partial charge in [-0.3, -0.25) is 9.59 Å². The zero-order valence-corrected chi connectivity index (χ0v) is 32.6. The first-order valence-electron chi connectivity index (χ1n) is 19.6. The molecule has 3 aromatic heterocycles. The van der Waals surface area contributed by atoms with Gasteiger partial charge >= 0.3 is 12.2 Å². The molecule has 1 saturated heterocycles. The topological polar surface area (TPSA) is 176 Å². The summed E-state index contributed by atoms with van der Waals surface area (Å²) in [5, 5.41) is 5.60. The van der Waals surface area contributed by atoms with E-state index in [-0.39, 0.29) is 35.6 Å². The number of alkyl carbamates (subject to hydrolysis) is 2. The van der Waals surface area contributed by atoms with Gasteiger partial charge < -0.3 is 39.5 Å². The second-order valence-corrected chi connectivity index (χ2v) is 15.6. The summed E-state index contributed by atoms with van der Waals surface area (Å²) in [7, 11) is 2.63. The Morgan fingerprint density at radius 3 is 2.07 bits per heavy atom. The number of carbonyl (C=O) groups excluding carboxylic acids is 4. The maximum atomic E-state index is 13.8. The first-order valence-corrected chi connectivity index (χ1v) is 19.6. The van der Waals surface area contributed by atoms with Crippen molar-refractivity contribution in [3.63, 3.8) is 0 Å². The predicted octanol–water partition coefficient (Wildman–Crippen LogP) is 6.49. The number of carbonyl (C=O) groups is 4. The summed E-state index contributed by atoms with van der Waals surface area (Å²) in [6.45, 7) is 5.02. The summed E-state index contributed by atoms with van der Waals surface area (Å²) >= 11 is 0. The number of hydrogen-bond donors (Lipinski definition) is 4. The molecule has 3 aliphatic rings. The summed E-state index contributed by atoms with van der Waals surface area (Å²) in [6, 6.07) is 17.5. The zero-order chi connectivity index (χ0) is 39.8. The highest BCUT2D eigenvalue weighted by Gasteiger charge is 2.42. The number of benzene rings is 2. The van der Waals surface area contributed by atoms with Crippen LogP contribution in [0.2, 0.25) is 0 Å². The summed E-state index contributed by atoms with van der Waals surface area (Å²) in [4.78, 5) is 69.6. The molecule has 3 amide bonds. The molecule has 8 rings (SSSR count). The lowest BCUT2D eigenvalue weighted by Crippen LogP contribution is -2.51. The maximum Gasteiger partial charge on any atom is 0.407 e. The molecular weight excluding hydrogens is 725 g/mol. The van der Waals surface area contributed by atoms with Gasteiger partial charge in [0.2, 0.25) is 5.91 Å². The molecule has 0 radical (unpaired) electrons. The highest BCUT2D eigenvalue weighted by molar-refractivity contribution is 5.89. The number of ketones is 1. The number of nitrogens with one attached hydrogen (secondary N) is 4. The van der Waals surface area contributed by atoms with Gasteiger partial charge in [-0.25, -0.2) is 19.6 Å². The number of aromatic nitrogens is 5. The number of methoxy groups -OCH3 is 2. The van der Waals surface area contributed by atoms with Gasteiger partial charge in [-0.2, -0.15) is 0 Å². The minimum Gasteiger partial charge on any atom is -0.453 e. The van der Waals surface area contributed by atoms with Gasteiger partial charge in [-0.15, -0.1) is 0 Å². The van der Waals surface area contributed by atoms with Crippen LogP contribution in [0.25, 0.3) is 33.6 Å². The predicted molar refractivity (Wildman–Crippen MR) is 212 cm³/mol. The number of nitrogens with zero attached hydrogens (tertiary/aromatic N) is 4. The van der Waals surface area contributed by atoms with Crippen molar-refractivity contribution in [3.8, 4) is 33.6 Å². The Morgan fingerprint density at radius 2 is 1.44 bits per heavy atom. The maximum absolute atomic E-state index is 13.8. The molecule has 1 aliphatic carbocycles. The molecule has 1 fully saturated rings. The van der Waals surface area contributed by atoms with Gasteiger partial charge in [-0.1, -0.05) is 62.4 Å². The van der Waals surface area contributed by atoms with Crippen molar-refractivity contribution in [2.45, 2.75) is 82.5 Å². The molecule has 2 aromatic carbocycles. The Kier molecular flexibility index (Phi) is 10.4. The number of hydrogen-bond acceptors (Lipinski definition) is 8. The largest absolute Gasteiger partial charge is 0.453 e. The van der Waals surface area contributed by atoms with Crippen LogP contribution in [0.1, 0.15) is 80.3 Å². The van der Waals surface area contributed by atoms with E-state index in [0.29, 0.717) is 25.9 Å². The van der Waals surface area contributed by atoms with Crippen LogP contribution < -0.4 is 10.6 Å². The van der Waals surface area contributed by atoms with E-state index >= 15 is 0 Å². The van der Waals surface area contributed by atoms with Crippen molar-refractivity contribution in [2.24, 2.45) is 5.92 Å². The normalized spacial score (nSPS) is 20.8. The Hall–Kier alpha value is -6.18. The number of ether oxygens (including phenoxy) is 2. The first kappa shape index (κ1) is 37.7. The molecule has 5 atom stereocenters. The van der Waals surface area contributed by atoms with Crippen molar-refractivity contribution in [2.75, 3.05) is 20.8 Å². The number of likely N-dealkylation sites (tertiary alicyclic amines) is 1. The molecule has 5 aromatic rings. The second kappa shape index (κ2) is 15.8. The fourth-order valence-electron chi connectivity index (χ4n) is 8.77. The average Bonchev–Trinajstić information content (AvgIpc) is 4.06. The third-order valence-corrected chi connectivity index (χ3v) is 11.8. The highest BCUT2D eigenvalue weighted by Crippen LogP contribution is 2.40. The molecule has 5 heterocycles. The fourth-order valence-corrected chi connectivity index (χ4v) is 8.77. The first-order chi connectivity index (χ1) is 27.6. The number of aryl methyl sites for hydroxylation is 1. The molecule has 4 N–H and O–H groups in total. The fraction of sp³-hybridized carbons (Fsp3) is 0.395. The van der Waals surface area contributed by atoms with Crippen LogP contribution in [0, 0.1) is 5.92 Å². The van der Waals surface area contributed by atoms with E-state index in [2.05, 4.69) is 90.9 Å². The van der Waals surface area contributed by atoms with E-state index in [4.69, 9.17) is 14.5 Å². The number of imidazole rings is 2. The van der Waals surface area contributed by atoms with E-state index in [1.807, 2.05) is 24.9 Å². The molecule has 14 heteroatoms. The molecular formula is C43H48N8O6. The Morgan fingerprint density at radius 1 is 0.825 bits per heavy atom. The molecule has 0 bridgehead atoms. The minimum absolute atomic E-state index is 0.0969. The van der Waals surface area contributed by atoms with Gasteiger partial charge in [-0.05, 0) is 65.5 Å². The molecule has 1 unspecified atom stereocenters. The van der Waals surface area contributed by atoms with Crippen molar-refractivity contribution < 1.29 is 28.7 Å². The standard InChI is InChI=1S/C43H48N8O6/c1-24(2)37(49-43(55)57-4)41(53)51-18-5-6-34(51)40-45-22-33(47-40)28-13-9-26(10-14-28)25-7-11-27(12-8-25)32-21-44-39(46-32)30-20-35(52)36-31(48-42(54)56-3)16-15-29-17-19-50(23-30)38(29)36/h7-14,17,19,21-22,24,30-31,34,36-37H,5-6,15-16,18,20,23H2,1-4H3,(H,44,46)(H,45,47)(H,48,54)(H,49,55)/t30-,31-,34-,36?,37-/m0/s1. The molecule has 14 nitrogen and oxygen atoms in total. The van der Waals surface area contributed by atoms with Gasteiger partial charge in [0, 0.05) is 43.4 Å². The van der Waals surface area contributed by atoms with Crippen LogP contribution in [-0.4, -0.2) is 86.1 Å². The molecule has 0 spiro atoms. The Bertz CT molecular complexity index is 2270. The number of aromatic amines is 2. The van der Waals surface area contributed by atoms with Crippen molar-refractivity contribution in [3.05, 3.63) is 96.1 Å².